The number of anilines is 2. The van der Waals surface area contributed by atoms with Gasteiger partial charge in [-0.25, -0.2) is 0 Å². The number of halogens is 1. The Labute approximate surface area is 112 Å². The Kier molecular flexibility index (Phi) is 3.82. The molecule has 1 heterocycles. The molecule has 1 aromatic heterocycles. The molecule has 0 fully saturated rings. The molecule has 3 nitrogen and oxygen atoms in total. The Morgan fingerprint density at radius 1 is 1.39 bits per heavy atom. The summed E-state index contributed by atoms with van der Waals surface area (Å²) < 4.78 is 5.27. The van der Waals surface area contributed by atoms with Crippen LogP contribution in [0.15, 0.2) is 34.9 Å². The number of rotatable bonds is 4. The number of hydrogen-bond acceptors (Lipinski definition) is 3. The van der Waals surface area contributed by atoms with Gasteiger partial charge in [-0.2, -0.15) is 0 Å². The van der Waals surface area contributed by atoms with E-state index in [9.17, 15) is 0 Å². The van der Waals surface area contributed by atoms with Gasteiger partial charge in [0.15, 0.2) is 0 Å². The zero-order valence-corrected chi connectivity index (χ0v) is 11.3. The first-order valence-electron chi connectivity index (χ1n) is 5.93. The van der Waals surface area contributed by atoms with Crippen LogP contribution in [0.2, 0.25) is 5.02 Å². The van der Waals surface area contributed by atoms with Gasteiger partial charge in [-0.15, -0.1) is 0 Å². The number of furan rings is 1. The van der Waals surface area contributed by atoms with Gasteiger partial charge in [0, 0.05) is 5.69 Å². The fourth-order valence-electron chi connectivity index (χ4n) is 1.82. The largest absolute Gasteiger partial charge is 0.467 e. The zero-order chi connectivity index (χ0) is 13.1. The lowest BCUT2D eigenvalue weighted by Gasteiger charge is -2.14. The summed E-state index contributed by atoms with van der Waals surface area (Å²) in [7, 11) is 0. The summed E-state index contributed by atoms with van der Waals surface area (Å²) in [6, 6.07) is 7.67. The number of nitrogens with one attached hydrogen (secondary N) is 1. The van der Waals surface area contributed by atoms with E-state index in [2.05, 4.69) is 19.2 Å². The van der Waals surface area contributed by atoms with Crippen molar-refractivity contribution in [3.8, 4) is 0 Å². The number of nitrogen functional groups attached to an aromatic ring is 1. The van der Waals surface area contributed by atoms with E-state index in [0.717, 1.165) is 17.0 Å². The summed E-state index contributed by atoms with van der Waals surface area (Å²) in [6.45, 7) is 4.82. The minimum absolute atomic E-state index is 0.341. The lowest BCUT2D eigenvalue weighted by molar-refractivity contribution is 0.518. The normalized spacial score (nSPS) is 10.9. The summed E-state index contributed by atoms with van der Waals surface area (Å²) >= 11 is 6.14. The number of hydrogen-bond donors (Lipinski definition) is 2. The Morgan fingerprint density at radius 3 is 2.78 bits per heavy atom. The molecule has 2 rings (SSSR count). The Hall–Kier alpha value is -1.61. The summed E-state index contributed by atoms with van der Waals surface area (Å²) in [4.78, 5) is 0. The standard InChI is InChI=1S/C14H17ClN2O/c1-9(2)12-6-10(7-13(15)14(12)16)17-8-11-4-3-5-18-11/h3-7,9,17H,8,16H2,1-2H3. The van der Waals surface area contributed by atoms with Crippen LogP contribution in [0.5, 0.6) is 0 Å². The monoisotopic (exact) mass is 264 g/mol. The van der Waals surface area contributed by atoms with Crippen molar-refractivity contribution in [1.29, 1.82) is 0 Å². The molecule has 4 heteroatoms. The van der Waals surface area contributed by atoms with E-state index in [-0.39, 0.29) is 0 Å². The van der Waals surface area contributed by atoms with E-state index in [1.165, 1.54) is 0 Å². The fraction of sp³-hybridized carbons (Fsp3) is 0.286. The van der Waals surface area contributed by atoms with Crippen LogP contribution < -0.4 is 11.1 Å². The van der Waals surface area contributed by atoms with Crippen molar-refractivity contribution < 1.29 is 4.42 Å². The van der Waals surface area contributed by atoms with Gasteiger partial charge in [-0.1, -0.05) is 25.4 Å². The highest BCUT2D eigenvalue weighted by Crippen LogP contribution is 2.32. The van der Waals surface area contributed by atoms with Crippen LogP contribution in [-0.4, -0.2) is 0 Å². The number of nitrogens with two attached hydrogens (primary N) is 1. The molecule has 0 aliphatic carbocycles. The molecule has 0 aliphatic heterocycles. The van der Waals surface area contributed by atoms with Gasteiger partial charge >= 0.3 is 0 Å². The third-order valence-corrected chi connectivity index (χ3v) is 3.14. The SMILES string of the molecule is CC(C)c1cc(NCc2ccco2)cc(Cl)c1N. The molecule has 0 amide bonds. The van der Waals surface area contributed by atoms with Crippen LogP contribution in [0, 0.1) is 0 Å². The maximum absolute atomic E-state index is 6.14. The van der Waals surface area contributed by atoms with Crippen molar-refractivity contribution in [3.63, 3.8) is 0 Å². The zero-order valence-electron chi connectivity index (χ0n) is 10.5. The lowest BCUT2D eigenvalue weighted by atomic mass is 10.0. The van der Waals surface area contributed by atoms with E-state index in [4.69, 9.17) is 21.8 Å². The topological polar surface area (TPSA) is 51.2 Å². The highest BCUT2D eigenvalue weighted by atomic mass is 35.5. The van der Waals surface area contributed by atoms with Crippen molar-refractivity contribution in [1.82, 2.24) is 0 Å². The van der Waals surface area contributed by atoms with E-state index >= 15 is 0 Å². The van der Waals surface area contributed by atoms with Gasteiger partial charge in [0.05, 0.1) is 23.5 Å². The van der Waals surface area contributed by atoms with Gasteiger partial charge < -0.3 is 15.5 Å². The molecule has 0 radical (unpaired) electrons. The average molecular weight is 265 g/mol. The first kappa shape index (κ1) is 12.8. The van der Waals surface area contributed by atoms with Crippen molar-refractivity contribution in [2.24, 2.45) is 0 Å². The summed E-state index contributed by atoms with van der Waals surface area (Å²) in [5, 5.41) is 3.86. The molecule has 0 bridgehead atoms. The summed E-state index contributed by atoms with van der Waals surface area (Å²) in [6.07, 6.45) is 1.66. The van der Waals surface area contributed by atoms with Gasteiger partial charge in [-0.3, -0.25) is 0 Å². The number of benzene rings is 1. The van der Waals surface area contributed by atoms with Crippen LogP contribution in [-0.2, 0) is 6.54 Å². The van der Waals surface area contributed by atoms with Crippen LogP contribution in [0.4, 0.5) is 11.4 Å². The Morgan fingerprint density at radius 2 is 2.17 bits per heavy atom. The molecule has 0 saturated carbocycles. The minimum atomic E-state index is 0.341. The molecule has 1 aromatic carbocycles. The van der Waals surface area contributed by atoms with Crippen molar-refractivity contribution >= 4 is 23.0 Å². The lowest BCUT2D eigenvalue weighted by Crippen LogP contribution is -2.02. The van der Waals surface area contributed by atoms with Crippen molar-refractivity contribution in [3.05, 3.63) is 46.9 Å². The molecule has 0 aliphatic rings. The van der Waals surface area contributed by atoms with Gasteiger partial charge in [0.2, 0.25) is 0 Å². The molecule has 96 valence electrons. The average Bonchev–Trinajstić information content (AvgIpc) is 2.83. The van der Waals surface area contributed by atoms with Gasteiger partial charge in [0.1, 0.15) is 5.76 Å². The first-order valence-corrected chi connectivity index (χ1v) is 6.31. The van der Waals surface area contributed by atoms with E-state index < -0.39 is 0 Å². The first-order chi connectivity index (χ1) is 8.58. The molecule has 0 spiro atoms. The predicted octanol–water partition coefficient (Wildman–Crippen LogP) is 4.25. The Balaban J connectivity index is 2.18. The molecular formula is C14H17ClN2O. The fourth-order valence-corrected chi connectivity index (χ4v) is 2.05. The van der Waals surface area contributed by atoms with Crippen molar-refractivity contribution in [2.45, 2.75) is 26.3 Å². The van der Waals surface area contributed by atoms with Gasteiger partial charge in [-0.05, 0) is 35.7 Å². The third-order valence-electron chi connectivity index (χ3n) is 2.83. The second kappa shape index (κ2) is 5.36. The Bertz CT molecular complexity index is 521. The van der Waals surface area contributed by atoms with Crippen LogP contribution in [0.25, 0.3) is 0 Å². The maximum atomic E-state index is 6.14. The van der Waals surface area contributed by atoms with E-state index in [1.54, 1.807) is 6.26 Å². The predicted molar refractivity (Wildman–Crippen MR) is 76.0 cm³/mol. The van der Waals surface area contributed by atoms with Crippen molar-refractivity contribution in [2.75, 3.05) is 11.1 Å². The van der Waals surface area contributed by atoms with Crippen LogP contribution >= 0.6 is 11.6 Å². The maximum Gasteiger partial charge on any atom is 0.122 e. The van der Waals surface area contributed by atoms with E-state index in [0.29, 0.717) is 23.2 Å². The molecule has 0 atom stereocenters. The smallest absolute Gasteiger partial charge is 0.122 e. The van der Waals surface area contributed by atoms with Gasteiger partial charge in [0.25, 0.3) is 0 Å². The minimum Gasteiger partial charge on any atom is -0.467 e. The summed E-state index contributed by atoms with van der Waals surface area (Å²) in [5.41, 5.74) is 8.64. The quantitative estimate of drug-likeness (QED) is 0.812. The third kappa shape index (κ3) is 2.79. The van der Waals surface area contributed by atoms with Crippen LogP contribution in [0.3, 0.4) is 0 Å². The molecule has 3 N–H and O–H groups in total. The summed E-state index contributed by atoms with van der Waals surface area (Å²) in [5.74, 6) is 1.22. The second-order valence-corrected chi connectivity index (χ2v) is 4.96. The molecule has 0 saturated heterocycles. The van der Waals surface area contributed by atoms with Crippen LogP contribution in [0.1, 0.15) is 31.1 Å². The highest BCUT2D eigenvalue weighted by Gasteiger charge is 2.10. The highest BCUT2D eigenvalue weighted by molar-refractivity contribution is 6.33. The molecule has 0 unspecified atom stereocenters. The second-order valence-electron chi connectivity index (χ2n) is 4.55. The molecular weight excluding hydrogens is 248 g/mol. The molecule has 2 aromatic rings. The molecule has 18 heavy (non-hydrogen) atoms. The van der Waals surface area contributed by atoms with E-state index in [1.807, 2.05) is 24.3 Å².